The van der Waals surface area contributed by atoms with Crippen LogP contribution in [0.5, 0.6) is 0 Å². The van der Waals surface area contributed by atoms with Gasteiger partial charge in [0.15, 0.2) is 6.29 Å². The summed E-state index contributed by atoms with van der Waals surface area (Å²) in [4.78, 5) is 52.1. The van der Waals surface area contributed by atoms with Crippen molar-refractivity contribution in [1.29, 1.82) is 0 Å². The van der Waals surface area contributed by atoms with Gasteiger partial charge in [0.1, 0.15) is 6.54 Å². The predicted molar refractivity (Wildman–Crippen MR) is 112 cm³/mol. The quantitative estimate of drug-likeness (QED) is 0.583. The average Bonchev–Trinajstić information content (AvgIpc) is 3.16. The number of primary amides is 1. The molecule has 2 fully saturated rings. The molecule has 2 saturated heterocycles. The highest BCUT2D eigenvalue weighted by Gasteiger charge is 2.45. The molecule has 0 aliphatic carbocycles. The average molecular weight is 422 g/mol. The number of carbonyl (C=O) groups is 4. The smallest absolute Gasteiger partial charge is 0.326 e. The number of hydrogen-bond donors (Lipinski definition) is 3. The van der Waals surface area contributed by atoms with Crippen LogP contribution in [0.3, 0.4) is 0 Å². The number of hydrogen-bond acceptors (Lipinski definition) is 6. The molecule has 2 aliphatic heterocycles. The Labute approximate surface area is 178 Å². The summed E-state index contributed by atoms with van der Waals surface area (Å²) in [5, 5.41) is 3.67. The van der Waals surface area contributed by atoms with Crippen molar-refractivity contribution < 1.29 is 19.2 Å². The van der Waals surface area contributed by atoms with E-state index in [0.29, 0.717) is 24.3 Å². The molecule has 4 amide bonds. The zero-order valence-corrected chi connectivity index (χ0v) is 16.9. The minimum absolute atomic E-state index is 0.314. The Bertz CT molecular complexity index is 1040. The molecule has 2 heterocycles. The third kappa shape index (κ3) is 4.05. The van der Waals surface area contributed by atoms with E-state index in [-0.39, 0.29) is 6.54 Å². The van der Waals surface area contributed by atoms with E-state index in [1.165, 1.54) is 29.2 Å². The molecule has 0 aromatic heterocycles. The summed E-state index contributed by atoms with van der Waals surface area (Å²) in [6.07, 6.45) is -0.560. The molecule has 4 N–H and O–H groups in total. The van der Waals surface area contributed by atoms with Gasteiger partial charge in [-0.05, 0) is 43.3 Å². The summed E-state index contributed by atoms with van der Waals surface area (Å²) < 4.78 is 0. The van der Waals surface area contributed by atoms with Crippen molar-refractivity contribution in [2.45, 2.75) is 13.2 Å². The van der Waals surface area contributed by atoms with Crippen LogP contribution in [0.1, 0.15) is 15.9 Å². The fourth-order valence-corrected chi connectivity index (χ4v) is 3.60. The van der Waals surface area contributed by atoms with Gasteiger partial charge in [-0.3, -0.25) is 29.1 Å². The van der Waals surface area contributed by atoms with Gasteiger partial charge in [0.05, 0.1) is 0 Å². The summed E-state index contributed by atoms with van der Waals surface area (Å²) in [7, 11) is 0. The zero-order valence-electron chi connectivity index (χ0n) is 16.9. The van der Waals surface area contributed by atoms with Gasteiger partial charge < -0.3 is 16.0 Å². The highest BCUT2D eigenvalue weighted by Crippen LogP contribution is 2.25. The van der Waals surface area contributed by atoms with Crippen molar-refractivity contribution >= 4 is 35.0 Å². The van der Waals surface area contributed by atoms with Gasteiger partial charge in [-0.25, -0.2) is 0 Å². The Morgan fingerprint density at radius 2 is 1.65 bits per heavy atom. The maximum absolute atomic E-state index is 12.6. The number of anilines is 2. The lowest BCUT2D eigenvalue weighted by Gasteiger charge is -2.40. The second-order valence-electron chi connectivity index (χ2n) is 7.41. The van der Waals surface area contributed by atoms with Gasteiger partial charge in [-0.2, -0.15) is 5.43 Å². The first-order chi connectivity index (χ1) is 14.8. The van der Waals surface area contributed by atoms with Crippen molar-refractivity contribution in [2.75, 3.05) is 29.9 Å². The predicted octanol–water partition coefficient (Wildman–Crippen LogP) is 0.0116. The lowest BCUT2D eigenvalue weighted by atomic mass is 10.2. The molecule has 160 valence electrons. The van der Waals surface area contributed by atoms with Crippen LogP contribution in [0.15, 0.2) is 48.5 Å². The summed E-state index contributed by atoms with van der Waals surface area (Å²) in [6.45, 7) is 2.60. The molecule has 0 spiro atoms. The van der Waals surface area contributed by atoms with Crippen molar-refractivity contribution in [3.8, 4) is 0 Å². The minimum atomic E-state index is -0.791. The molecule has 1 atom stereocenters. The third-order valence-electron chi connectivity index (χ3n) is 5.25. The lowest BCUT2D eigenvalue weighted by molar-refractivity contribution is -0.163. The molecule has 2 aliphatic rings. The summed E-state index contributed by atoms with van der Waals surface area (Å²) >= 11 is 0. The maximum atomic E-state index is 12.6. The van der Waals surface area contributed by atoms with E-state index >= 15 is 0 Å². The van der Waals surface area contributed by atoms with E-state index in [0.717, 1.165) is 16.3 Å². The number of aryl methyl sites for hydroxylation is 1. The van der Waals surface area contributed by atoms with Crippen molar-refractivity contribution in [2.24, 2.45) is 5.73 Å². The number of fused-ring (bicyclic) bond motifs is 1. The number of nitrogens with one attached hydrogen (secondary N) is 2. The van der Waals surface area contributed by atoms with Gasteiger partial charge in [-0.1, -0.05) is 17.7 Å². The second kappa shape index (κ2) is 8.07. The van der Waals surface area contributed by atoms with Crippen LogP contribution in [0.2, 0.25) is 0 Å². The first kappa shape index (κ1) is 20.4. The summed E-state index contributed by atoms with van der Waals surface area (Å²) in [6, 6.07) is 13.9. The summed E-state index contributed by atoms with van der Waals surface area (Å²) in [5.41, 5.74) is 11.0. The molecule has 0 saturated carbocycles. The van der Waals surface area contributed by atoms with Crippen LogP contribution in [-0.4, -0.2) is 59.5 Å². The van der Waals surface area contributed by atoms with Crippen LogP contribution < -0.4 is 21.4 Å². The molecule has 4 rings (SSSR count). The van der Waals surface area contributed by atoms with Crippen LogP contribution in [-0.2, 0) is 14.4 Å². The number of nitrogens with two attached hydrogens (primary N) is 1. The van der Waals surface area contributed by atoms with Crippen LogP contribution in [0.25, 0.3) is 0 Å². The number of benzene rings is 2. The fraction of sp³-hybridized carbons (Fsp3) is 0.238. The molecule has 1 unspecified atom stereocenters. The second-order valence-corrected chi connectivity index (χ2v) is 7.41. The molecule has 31 heavy (non-hydrogen) atoms. The van der Waals surface area contributed by atoms with Crippen LogP contribution in [0, 0.1) is 6.92 Å². The van der Waals surface area contributed by atoms with Crippen molar-refractivity contribution in [3.63, 3.8) is 0 Å². The Kier molecular flexibility index (Phi) is 5.30. The maximum Gasteiger partial charge on any atom is 0.326 e. The number of nitrogens with zero attached hydrogens (tertiary/aromatic N) is 3. The van der Waals surface area contributed by atoms with Gasteiger partial charge in [-0.15, -0.1) is 0 Å². The Hall–Kier alpha value is -3.92. The molecule has 10 nitrogen and oxygen atoms in total. The van der Waals surface area contributed by atoms with Crippen molar-refractivity contribution in [3.05, 3.63) is 59.7 Å². The highest BCUT2D eigenvalue weighted by molar-refractivity contribution is 6.35. The molecular formula is C21H22N6O4. The standard InChI is InChI=1S/C21H22N6O4/c1-13-2-8-16(9-3-13)25-10-11-26-19(30)20(31)27(24-21(25)26)12-17(28)23-15-6-4-14(5-7-15)18(22)29/h2-9,21,24H,10-12H2,1H3,(H2,22,29)(H,23,28). The minimum Gasteiger partial charge on any atom is -0.366 e. The highest BCUT2D eigenvalue weighted by atomic mass is 16.2. The van der Waals surface area contributed by atoms with Gasteiger partial charge >= 0.3 is 11.8 Å². The third-order valence-corrected chi connectivity index (χ3v) is 5.25. The Balaban J connectivity index is 1.45. The van der Waals surface area contributed by atoms with Gasteiger partial charge in [0.25, 0.3) is 0 Å². The molecular weight excluding hydrogens is 400 g/mol. The SMILES string of the molecule is Cc1ccc(N2CCN3C(=O)C(=O)N(CC(=O)Nc4ccc(C(N)=O)cc4)NC32)cc1. The molecule has 0 radical (unpaired) electrons. The first-order valence-electron chi connectivity index (χ1n) is 9.75. The van der Waals surface area contributed by atoms with E-state index in [2.05, 4.69) is 10.7 Å². The Morgan fingerprint density at radius 1 is 1.00 bits per heavy atom. The summed E-state index contributed by atoms with van der Waals surface area (Å²) in [5.74, 6) is -2.51. The van der Waals surface area contributed by atoms with E-state index in [9.17, 15) is 19.2 Å². The van der Waals surface area contributed by atoms with E-state index in [4.69, 9.17) is 5.73 Å². The van der Waals surface area contributed by atoms with Crippen LogP contribution >= 0.6 is 0 Å². The Morgan fingerprint density at radius 3 is 2.29 bits per heavy atom. The molecule has 10 heteroatoms. The molecule has 2 aromatic carbocycles. The van der Waals surface area contributed by atoms with Gasteiger partial charge in [0.2, 0.25) is 11.8 Å². The normalized spacial score (nSPS) is 18.2. The largest absolute Gasteiger partial charge is 0.366 e. The van der Waals surface area contributed by atoms with Gasteiger partial charge in [0, 0.05) is 30.0 Å². The topological polar surface area (TPSA) is 128 Å². The number of carbonyl (C=O) groups excluding carboxylic acids is 4. The number of amides is 4. The first-order valence-corrected chi connectivity index (χ1v) is 9.75. The van der Waals surface area contributed by atoms with Crippen molar-refractivity contribution in [1.82, 2.24) is 15.3 Å². The number of rotatable bonds is 5. The van der Waals surface area contributed by atoms with E-state index < -0.39 is 29.9 Å². The number of hydrazine groups is 1. The van der Waals surface area contributed by atoms with E-state index in [1.54, 1.807) is 0 Å². The molecule has 0 bridgehead atoms. The lowest BCUT2D eigenvalue weighted by Crippen LogP contribution is -2.68. The van der Waals surface area contributed by atoms with Crippen LogP contribution in [0.4, 0.5) is 11.4 Å². The fourth-order valence-electron chi connectivity index (χ4n) is 3.60. The molecule has 2 aromatic rings. The zero-order chi connectivity index (χ0) is 22.1. The monoisotopic (exact) mass is 422 g/mol. The van der Waals surface area contributed by atoms with E-state index in [1.807, 2.05) is 36.1 Å².